The lowest BCUT2D eigenvalue weighted by Gasteiger charge is -2.36. The number of rotatable bonds is 1. The van der Waals surface area contributed by atoms with Gasteiger partial charge in [0.15, 0.2) is 0 Å². The van der Waals surface area contributed by atoms with E-state index in [1.807, 2.05) is 27.7 Å². The van der Waals surface area contributed by atoms with Crippen molar-refractivity contribution < 1.29 is 8.42 Å². The highest BCUT2D eigenvalue weighted by Gasteiger charge is 2.44. The Morgan fingerprint density at radius 2 is 1.80 bits per heavy atom. The van der Waals surface area contributed by atoms with Gasteiger partial charge in [0.05, 0.1) is 0 Å². The molecule has 0 aliphatic heterocycles. The van der Waals surface area contributed by atoms with Crippen LogP contribution in [0.5, 0.6) is 0 Å². The number of halogens is 1. The predicted octanol–water partition coefficient (Wildman–Crippen LogP) is 3.25. The monoisotopic (exact) mass is 248 g/mol. The molecule has 0 aromatic rings. The third-order valence-electron chi connectivity index (χ3n) is 3.72. The second-order valence-corrected chi connectivity index (χ2v) is 7.45. The van der Waals surface area contributed by atoms with Crippen molar-refractivity contribution >= 4 is 19.7 Å². The first-order valence-electron chi connectivity index (χ1n) is 4.92. The lowest BCUT2D eigenvalue weighted by Crippen LogP contribution is -2.40. The maximum Gasteiger partial charge on any atom is 0.242 e. The van der Waals surface area contributed by atoms with Crippen molar-refractivity contribution in [2.24, 2.45) is 5.92 Å². The van der Waals surface area contributed by atoms with Crippen LogP contribution in [0.3, 0.4) is 0 Å². The van der Waals surface area contributed by atoms with Crippen molar-refractivity contribution in [1.82, 2.24) is 0 Å². The molecule has 2 atom stereocenters. The molecule has 1 aliphatic rings. The second kappa shape index (κ2) is 3.63. The highest BCUT2D eigenvalue weighted by Crippen LogP contribution is 2.42. The molecule has 86 valence electrons. The Kier molecular flexibility index (Phi) is 3.10. The summed E-state index contributed by atoms with van der Waals surface area (Å²) in [5.74, 6) is -0.0799. The summed E-state index contributed by atoms with van der Waals surface area (Å²) >= 11 is 0. The summed E-state index contributed by atoms with van der Waals surface area (Å²) in [6.07, 6.45) is 1.77. The summed E-state index contributed by atoms with van der Waals surface area (Å²) < 4.78 is 22.2. The van der Waals surface area contributed by atoms with Crippen molar-refractivity contribution in [3.05, 3.63) is 22.8 Å². The Labute approximate surface area is 96.4 Å². The maximum atomic E-state index is 11.6. The van der Waals surface area contributed by atoms with Gasteiger partial charge in [-0.15, -0.1) is 0 Å². The molecule has 0 bridgehead atoms. The van der Waals surface area contributed by atoms with Crippen LogP contribution < -0.4 is 0 Å². The molecular weight excluding hydrogens is 232 g/mol. The summed E-state index contributed by atoms with van der Waals surface area (Å²) in [5, 5.41) is 0. The first-order chi connectivity index (χ1) is 6.61. The van der Waals surface area contributed by atoms with Crippen molar-refractivity contribution in [2.45, 2.75) is 39.4 Å². The van der Waals surface area contributed by atoms with Gasteiger partial charge in [0.25, 0.3) is 0 Å². The molecular formula is C11H17ClO2S. The zero-order chi connectivity index (χ0) is 12.0. The van der Waals surface area contributed by atoms with E-state index >= 15 is 0 Å². The number of hydrogen-bond acceptors (Lipinski definition) is 2. The summed E-state index contributed by atoms with van der Waals surface area (Å²) in [6, 6.07) is 0. The van der Waals surface area contributed by atoms with Crippen LogP contribution in [0.2, 0.25) is 0 Å². The van der Waals surface area contributed by atoms with Crippen LogP contribution in [0.15, 0.2) is 22.8 Å². The minimum absolute atomic E-state index is 0.0799. The molecule has 0 aromatic heterocycles. The molecule has 0 radical (unpaired) electrons. The Balaban J connectivity index is 3.43. The van der Waals surface area contributed by atoms with Gasteiger partial charge in [-0.05, 0) is 33.3 Å². The van der Waals surface area contributed by atoms with Gasteiger partial charge in [-0.2, -0.15) is 0 Å². The van der Waals surface area contributed by atoms with E-state index in [4.69, 9.17) is 10.7 Å². The third kappa shape index (κ3) is 1.87. The molecule has 0 saturated carbocycles. The lowest BCUT2D eigenvalue weighted by molar-refractivity contribution is 0.503. The molecule has 15 heavy (non-hydrogen) atoms. The van der Waals surface area contributed by atoms with Crippen molar-refractivity contribution in [3.8, 4) is 0 Å². The van der Waals surface area contributed by atoms with Crippen LogP contribution >= 0.6 is 10.7 Å². The molecule has 0 amide bonds. The van der Waals surface area contributed by atoms with E-state index in [0.29, 0.717) is 0 Å². The van der Waals surface area contributed by atoms with Gasteiger partial charge in [-0.3, -0.25) is 0 Å². The topological polar surface area (TPSA) is 34.1 Å². The number of hydrogen-bond donors (Lipinski definition) is 0. The van der Waals surface area contributed by atoms with E-state index < -0.39 is 13.8 Å². The van der Waals surface area contributed by atoms with Gasteiger partial charge >= 0.3 is 0 Å². The molecule has 0 saturated heterocycles. The first kappa shape index (κ1) is 12.8. The third-order valence-corrected chi connectivity index (χ3v) is 6.24. The second-order valence-electron chi connectivity index (χ2n) is 4.48. The standard InChI is InChI=1S/C11H17ClO2S/c1-7-6-11(5,15(12,13)14)10(4)9(3)8(7)2/h6,10H,1-5H3. The van der Waals surface area contributed by atoms with Crippen molar-refractivity contribution in [2.75, 3.05) is 0 Å². The van der Waals surface area contributed by atoms with E-state index in [1.54, 1.807) is 13.0 Å². The molecule has 0 spiro atoms. The van der Waals surface area contributed by atoms with Gasteiger partial charge in [0.2, 0.25) is 9.05 Å². The van der Waals surface area contributed by atoms with Crippen LogP contribution in [-0.2, 0) is 9.05 Å². The average molecular weight is 249 g/mol. The molecule has 0 fully saturated rings. The first-order valence-corrected chi connectivity index (χ1v) is 7.23. The average Bonchev–Trinajstić information content (AvgIpc) is 2.10. The Hall–Kier alpha value is -0.280. The highest BCUT2D eigenvalue weighted by atomic mass is 35.7. The number of allylic oxidation sites excluding steroid dienone is 3. The fourth-order valence-electron chi connectivity index (χ4n) is 2.01. The Bertz CT molecular complexity index is 445. The smallest absolute Gasteiger partial charge is 0.211 e. The van der Waals surface area contributed by atoms with Crippen molar-refractivity contribution in [1.29, 1.82) is 0 Å². The van der Waals surface area contributed by atoms with E-state index in [9.17, 15) is 8.42 Å². The van der Waals surface area contributed by atoms with E-state index in [1.165, 1.54) is 5.57 Å². The predicted molar refractivity (Wildman–Crippen MR) is 64.5 cm³/mol. The molecule has 2 unspecified atom stereocenters. The zero-order valence-electron chi connectivity index (χ0n) is 9.76. The largest absolute Gasteiger partial charge is 0.242 e. The Morgan fingerprint density at radius 1 is 1.33 bits per heavy atom. The molecule has 0 aromatic carbocycles. The van der Waals surface area contributed by atoms with Crippen LogP contribution in [-0.4, -0.2) is 13.2 Å². The van der Waals surface area contributed by atoms with Gasteiger partial charge in [-0.1, -0.05) is 24.1 Å². The highest BCUT2D eigenvalue weighted by molar-refractivity contribution is 8.15. The summed E-state index contributed by atoms with van der Waals surface area (Å²) in [5.41, 5.74) is 3.26. The molecule has 4 heteroatoms. The summed E-state index contributed by atoms with van der Waals surface area (Å²) in [4.78, 5) is 0. The fraction of sp³-hybridized carbons (Fsp3) is 0.636. The van der Waals surface area contributed by atoms with Gasteiger partial charge in [0, 0.05) is 16.6 Å². The van der Waals surface area contributed by atoms with Gasteiger partial charge in [0.1, 0.15) is 4.75 Å². The Morgan fingerprint density at radius 3 is 2.20 bits per heavy atom. The molecule has 1 aliphatic carbocycles. The van der Waals surface area contributed by atoms with Crippen molar-refractivity contribution in [3.63, 3.8) is 0 Å². The van der Waals surface area contributed by atoms with Crippen LogP contribution in [0.1, 0.15) is 34.6 Å². The van der Waals surface area contributed by atoms with Gasteiger partial charge < -0.3 is 0 Å². The van der Waals surface area contributed by atoms with E-state index in [0.717, 1.165) is 11.1 Å². The zero-order valence-corrected chi connectivity index (χ0v) is 11.3. The minimum Gasteiger partial charge on any atom is -0.211 e. The SMILES string of the molecule is CC1=CC(C)(S(=O)(=O)Cl)C(C)C(C)=C1C. The maximum absolute atomic E-state index is 11.6. The normalized spacial score (nSPS) is 32.9. The van der Waals surface area contributed by atoms with E-state index in [-0.39, 0.29) is 5.92 Å². The molecule has 0 N–H and O–H groups in total. The van der Waals surface area contributed by atoms with Gasteiger partial charge in [-0.25, -0.2) is 8.42 Å². The van der Waals surface area contributed by atoms with Crippen LogP contribution in [0.4, 0.5) is 0 Å². The summed E-state index contributed by atoms with van der Waals surface area (Å²) in [6.45, 7) is 9.49. The van der Waals surface area contributed by atoms with Crippen LogP contribution in [0, 0.1) is 5.92 Å². The van der Waals surface area contributed by atoms with Crippen LogP contribution in [0.25, 0.3) is 0 Å². The molecule has 1 rings (SSSR count). The molecule has 0 heterocycles. The lowest BCUT2D eigenvalue weighted by atomic mass is 9.79. The van der Waals surface area contributed by atoms with E-state index in [2.05, 4.69) is 0 Å². The quantitative estimate of drug-likeness (QED) is 0.668. The minimum atomic E-state index is -3.60. The molecule has 2 nitrogen and oxygen atoms in total. The fourth-order valence-corrected chi connectivity index (χ4v) is 3.46. The summed E-state index contributed by atoms with van der Waals surface area (Å²) in [7, 11) is 1.93.